The number of thioether (sulfide) groups is 1. The zero-order chi connectivity index (χ0) is 20.1. The predicted octanol–water partition coefficient (Wildman–Crippen LogP) is 2.58. The lowest BCUT2D eigenvalue weighted by atomic mass is 10.2. The number of fused-ring (bicyclic) bond motifs is 1. The van der Waals surface area contributed by atoms with Gasteiger partial charge in [0.05, 0.1) is 7.11 Å². The van der Waals surface area contributed by atoms with E-state index >= 15 is 0 Å². The summed E-state index contributed by atoms with van der Waals surface area (Å²) in [5, 5.41) is 18.7. The third kappa shape index (κ3) is 4.60. The Labute approximate surface area is 169 Å². The van der Waals surface area contributed by atoms with E-state index in [0.29, 0.717) is 22.9 Å². The Balaban J connectivity index is 1.71. The van der Waals surface area contributed by atoms with Gasteiger partial charge in [0.15, 0.2) is 5.82 Å². The molecule has 3 aromatic rings. The van der Waals surface area contributed by atoms with Gasteiger partial charge in [-0.05, 0) is 37.5 Å². The number of hydrogen-bond donors (Lipinski definition) is 2. The normalized spacial score (nSPS) is 12.0. The van der Waals surface area contributed by atoms with Crippen LogP contribution in [0.2, 0.25) is 0 Å². The van der Waals surface area contributed by atoms with Crippen LogP contribution in [0.15, 0.2) is 24.3 Å². The molecular weight excluding hydrogens is 400 g/mol. The second-order valence-corrected chi connectivity index (χ2v) is 7.83. The minimum Gasteiger partial charge on any atom is -0.467 e. The van der Waals surface area contributed by atoms with E-state index in [4.69, 9.17) is 4.74 Å². The first-order chi connectivity index (χ1) is 13.5. The third-order valence-electron chi connectivity index (χ3n) is 3.92. The predicted molar refractivity (Wildman–Crippen MR) is 110 cm³/mol. The molecule has 0 saturated carbocycles. The van der Waals surface area contributed by atoms with Crippen molar-refractivity contribution in [2.75, 3.05) is 24.4 Å². The number of nitrogens with one attached hydrogen (secondary N) is 2. The largest absolute Gasteiger partial charge is 0.467 e. The monoisotopic (exact) mass is 420 g/mol. The molecule has 1 aromatic carbocycles. The summed E-state index contributed by atoms with van der Waals surface area (Å²) in [4.78, 5) is 24.9. The van der Waals surface area contributed by atoms with Crippen LogP contribution in [-0.2, 0) is 9.53 Å². The number of carbonyl (C=O) groups is 2. The van der Waals surface area contributed by atoms with Crippen LogP contribution >= 0.6 is 23.1 Å². The minimum atomic E-state index is -0.692. The van der Waals surface area contributed by atoms with Crippen molar-refractivity contribution in [1.82, 2.24) is 25.1 Å². The number of aromatic nitrogens is 4. The number of ether oxygens (including phenoxy) is 1. The van der Waals surface area contributed by atoms with E-state index in [2.05, 4.69) is 25.9 Å². The first-order valence-electron chi connectivity index (χ1n) is 8.45. The number of methoxy groups -OCH3 is 1. The molecule has 0 spiro atoms. The van der Waals surface area contributed by atoms with Crippen LogP contribution < -0.4 is 10.6 Å². The molecule has 0 saturated heterocycles. The standard InChI is InChI=1S/C17H20N6O3S2/c1-10-20-21-17-23(10)22-14(28-17)11-5-4-6-12(9-11)18-16(25)19-13(7-8-27-3)15(24)26-2/h4-6,9,13H,7-8H2,1-3H3,(H2,18,19,25). The van der Waals surface area contributed by atoms with Gasteiger partial charge in [0, 0.05) is 11.3 Å². The van der Waals surface area contributed by atoms with Crippen LogP contribution in [0, 0.1) is 6.92 Å². The van der Waals surface area contributed by atoms with Crippen molar-refractivity contribution in [2.24, 2.45) is 0 Å². The summed E-state index contributed by atoms with van der Waals surface area (Å²) in [7, 11) is 1.31. The molecule has 0 fully saturated rings. The number of rotatable bonds is 7. The van der Waals surface area contributed by atoms with Crippen molar-refractivity contribution in [3.63, 3.8) is 0 Å². The lowest BCUT2D eigenvalue weighted by molar-refractivity contribution is -0.142. The van der Waals surface area contributed by atoms with E-state index in [1.807, 2.05) is 31.4 Å². The number of anilines is 1. The highest BCUT2D eigenvalue weighted by atomic mass is 32.2. The highest BCUT2D eigenvalue weighted by Gasteiger charge is 2.21. The molecule has 2 amide bonds. The number of carbonyl (C=O) groups excluding carboxylic acids is 2. The number of benzene rings is 1. The van der Waals surface area contributed by atoms with Gasteiger partial charge in [-0.1, -0.05) is 23.5 Å². The zero-order valence-electron chi connectivity index (χ0n) is 15.6. The summed E-state index contributed by atoms with van der Waals surface area (Å²) in [6, 6.07) is 6.15. The molecule has 0 radical (unpaired) electrons. The molecule has 9 nitrogen and oxygen atoms in total. The van der Waals surface area contributed by atoms with Gasteiger partial charge >= 0.3 is 12.0 Å². The van der Waals surface area contributed by atoms with Crippen molar-refractivity contribution < 1.29 is 14.3 Å². The summed E-state index contributed by atoms with van der Waals surface area (Å²) < 4.78 is 6.44. The van der Waals surface area contributed by atoms with Crippen molar-refractivity contribution in [1.29, 1.82) is 0 Å². The van der Waals surface area contributed by atoms with Gasteiger partial charge in [0.25, 0.3) is 0 Å². The van der Waals surface area contributed by atoms with Gasteiger partial charge in [-0.25, -0.2) is 9.59 Å². The van der Waals surface area contributed by atoms with Crippen LogP contribution in [-0.4, -0.2) is 57.0 Å². The van der Waals surface area contributed by atoms with Crippen molar-refractivity contribution >= 4 is 45.7 Å². The fourth-order valence-electron chi connectivity index (χ4n) is 2.51. The molecule has 1 unspecified atom stereocenters. The first kappa shape index (κ1) is 20.1. The lowest BCUT2D eigenvalue weighted by Crippen LogP contribution is -2.44. The van der Waals surface area contributed by atoms with Gasteiger partial charge in [-0.2, -0.15) is 21.4 Å². The van der Waals surface area contributed by atoms with E-state index in [9.17, 15) is 9.59 Å². The maximum atomic E-state index is 12.3. The Morgan fingerprint density at radius 2 is 2.18 bits per heavy atom. The number of amides is 2. The fourth-order valence-corrected chi connectivity index (χ4v) is 3.87. The highest BCUT2D eigenvalue weighted by Crippen LogP contribution is 2.27. The van der Waals surface area contributed by atoms with Crippen molar-refractivity contribution in [2.45, 2.75) is 19.4 Å². The van der Waals surface area contributed by atoms with Gasteiger partial charge < -0.3 is 15.4 Å². The van der Waals surface area contributed by atoms with Crippen LogP contribution in [0.3, 0.4) is 0 Å². The Kier molecular flexibility index (Phi) is 6.47. The first-order valence-corrected chi connectivity index (χ1v) is 10.7. The lowest BCUT2D eigenvalue weighted by Gasteiger charge is -2.16. The van der Waals surface area contributed by atoms with Crippen LogP contribution in [0.25, 0.3) is 15.5 Å². The number of nitrogens with zero attached hydrogens (tertiary/aromatic N) is 4. The molecular formula is C17H20N6O3S2. The molecule has 28 heavy (non-hydrogen) atoms. The Bertz CT molecular complexity index is 986. The van der Waals surface area contributed by atoms with Crippen LogP contribution in [0.4, 0.5) is 10.5 Å². The molecule has 148 valence electrons. The molecule has 0 aliphatic rings. The number of hydrogen-bond acceptors (Lipinski definition) is 8. The van der Waals surface area contributed by atoms with E-state index in [1.165, 1.54) is 18.4 Å². The smallest absolute Gasteiger partial charge is 0.328 e. The molecule has 0 aliphatic carbocycles. The van der Waals surface area contributed by atoms with Gasteiger partial charge in [-0.15, -0.1) is 10.2 Å². The molecule has 2 aromatic heterocycles. The minimum absolute atomic E-state index is 0.465. The summed E-state index contributed by atoms with van der Waals surface area (Å²) >= 11 is 3.01. The van der Waals surface area contributed by atoms with Crippen LogP contribution in [0.1, 0.15) is 12.2 Å². The Morgan fingerprint density at radius 1 is 1.36 bits per heavy atom. The molecule has 1 atom stereocenters. The second kappa shape index (κ2) is 9.02. The maximum absolute atomic E-state index is 12.3. The molecule has 3 rings (SSSR count). The molecule has 11 heteroatoms. The Morgan fingerprint density at radius 3 is 2.89 bits per heavy atom. The van der Waals surface area contributed by atoms with Gasteiger partial charge in [0.1, 0.15) is 11.0 Å². The molecule has 0 aliphatic heterocycles. The zero-order valence-corrected chi connectivity index (χ0v) is 17.3. The van der Waals surface area contributed by atoms with Crippen molar-refractivity contribution in [3.8, 4) is 10.6 Å². The number of urea groups is 1. The van der Waals surface area contributed by atoms with E-state index in [0.717, 1.165) is 16.3 Å². The van der Waals surface area contributed by atoms with Crippen LogP contribution in [0.5, 0.6) is 0 Å². The SMILES string of the molecule is COC(=O)C(CCSC)NC(=O)Nc1cccc(-c2nn3c(C)nnc3s2)c1. The highest BCUT2D eigenvalue weighted by molar-refractivity contribution is 7.98. The fraction of sp³-hybridized carbons (Fsp3) is 0.353. The molecule has 2 heterocycles. The summed E-state index contributed by atoms with van der Waals surface area (Å²) in [5.74, 6) is 0.980. The number of aryl methyl sites for hydroxylation is 1. The topological polar surface area (TPSA) is 111 Å². The van der Waals surface area contributed by atoms with E-state index < -0.39 is 18.0 Å². The molecule has 0 bridgehead atoms. The van der Waals surface area contributed by atoms with Crippen molar-refractivity contribution in [3.05, 3.63) is 30.1 Å². The van der Waals surface area contributed by atoms with Gasteiger partial charge in [-0.3, -0.25) is 0 Å². The average molecular weight is 421 g/mol. The van der Waals surface area contributed by atoms with E-state index in [-0.39, 0.29) is 0 Å². The van der Waals surface area contributed by atoms with Gasteiger partial charge in [0.2, 0.25) is 4.96 Å². The second-order valence-electron chi connectivity index (χ2n) is 5.89. The Hall–Kier alpha value is -2.66. The summed E-state index contributed by atoms with van der Waals surface area (Å²) in [6.45, 7) is 1.83. The maximum Gasteiger partial charge on any atom is 0.328 e. The summed E-state index contributed by atoms with van der Waals surface area (Å²) in [5.41, 5.74) is 1.44. The average Bonchev–Trinajstić information content (AvgIpc) is 3.27. The third-order valence-corrected chi connectivity index (χ3v) is 5.51. The van der Waals surface area contributed by atoms with E-state index in [1.54, 1.807) is 22.3 Å². The summed E-state index contributed by atoms with van der Waals surface area (Å²) in [6.07, 6.45) is 2.43. The quantitative estimate of drug-likeness (QED) is 0.565. The number of esters is 1. The molecule has 2 N–H and O–H groups in total.